The molecule has 24 heavy (non-hydrogen) atoms. The minimum atomic E-state index is -0.475. The van der Waals surface area contributed by atoms with E-state index in [4.69, 9.17) is 9.47 Å². The minimum absolute atomic E-state index is 0.0644. The molecule has 0 aliphatic carbocycles. The van der Waals surface area contributed by atoms with E-state index in [1.807, 2.05) is 20.8 Å². The van der Waals surface area contributed by atoms with Crippen LogP contribution in [0, 0.1) is 0 Å². The highest BCUT2D eigenvalue weighted by molar-refractivity contribution is 5.94. The molecule has 1 N–H and O–H groups in total. The molecule has 6 heteroatoms. The number of carbonyl (C=O) groups excluding carboxylic acids is 2. The van der Waals surface area contributed by atoms with Crippen LogP contribution in [0.2, 0.25) is 0 Å². The summed E-state index contributed by atoms with van der Waals surface area (Å²) in [5, 5.41) is 2.58. The molecule has 1 aromatic carbocycles. The van der Waals surface area contributed by atoms with Gasteiger partial charge in [-0.15, -0.1) is 0 Å². The summed E-state index contributed by atoms with van der Waals surface area (Å²) in [6.07, 6.45) is 1.32. The summed E-state index contributed by atoms with van der Waals surface area (Å²) in [5.41, 5.74) is 0.126. The van der Waals surface area contributed by atoms with Gasteiger partial charge in [0.1, 0.15) is 17.5 Å². The molecule has 1 saturated heterocycles. The minimum Gasteiger partial charge on any atom is -0.490 e. The van der Waals surface area contributed by atoms with Gasteiger partial charge in [0.25, 0.3) is 5.91 Å². The zero-order valence-corrected chi connectivity index (χ0v) is 14.8. The van der Waals surface area contributed by atoms with E-state index in [1.54, 1.807) is 36.2 Å². The van der Waals surface area contributed by atoms with Crippen LogP contribution in [0.1, 0.15) is 44.0 Å². The van der Waals surface area contributed by atoms with Gasteiger partial charge in [-0.05, 0) is 45.0 Å². The fourth-order valence-corrected chi connectivity index (χ4v) is 2.50. The standard InChI is InChI=1S/C18H26N2O4/c1-18(2,3)24-17(22)20-11-9-15(10-12-20)23-14-7-5-13(6-8-14)16(21)19-4/h5-8,15H,9-12H2,1-4H3,(H,19,21). The Morgan fingerprint density at radius 1 is 1.12 bits per heavy atom. The molecule has 2 amide bonds. The van der Waals surface area contributed by atoms with Crippen molar-refractivity contribution < 1.29 is 19.1 Å². The van der Waals surface area contributed by atoms with Gasteiger partial charge in [0.05, 0.1) is 0 Å². The highest BCUT2D eigenvalue weighted by Gasteiger charge is 2.27. The van der Waals surface area contributed by atoms with Gasteiger partial charge < -0.3 is 19.7 Å². The van der Waals surface area contributed by atoms with Gasteiger partial charge in [0.2, 0.25) is 0 Å². The van der Waals surface area contributed by atoms with Crippen LogP contribution in [0.25, 0.3) is 0 Å². The van der Waals surface area contributed by atoms with Crippen LogP contribution in [0.4, 0.5) is 4.79 Å². The summed E-state index contributed by atoms with van der Waals surface area (Å²) in [4.78, 5) is 25.3. The Bertz CT molecular complexity index is 570. The molecule has 1 aliphatic heterocycles. The summed E-state index contributed by atoms with van der Waals surface area (Å²) in [5.74, 6) is 0.616. The zero-order chi connectivity index (χ0) is 17.7. The Kier molecular flexibility index (Phi) is 5.70. The number of carbonyl (C=O) groups is 2. The molecule has 1 aromatic rings. The van der Waals surface area contributed by atoms with Crippen LogP contribution >= 0.6 is 0 Å². The zero-order valence-electron chi connectivity index (χ0n) is 14.8. The summed E-state index contributed by atoms with van der Waals surface area (Å²) in [6.45, 7) is 6.83. The van der Waals surface area contributed by atoms with Gasteiger partial charge in [-0.3, -0.25) is 4.79 Å². The van der Waals surface area contributed by atoms with Crippen molar-refractivity contribution in [1.29, 1.82) is 0 Å². The Labute approximate surface area is 143 Å². The smallest absolute Gasteiger partial charge is 0.410 e. The highest BCUT2D eigenvalue weighted by atomic mass is 16.6. The average Bonchev–Trinajstić information content (AvgIpc) is 2.54. The van der Waals surface area contributed by atoms with E-state index in [2.05, 4.69) is 5.32 Å². The van der Waals surface area contributed by atoms with Gasteiger partial charge in [-0.1, -0.05) is 0 Å². The fraction of sp³-hybridized carbons (Fsp3) is 0.556. The molecule has 0 saturated carbocycles. The lowest BCUT2D eigenvalue weighted by molar-refractivity contribution is 0.0126. The van der Waals surface area contributed by atoms with Crippen LogP contribution in [-0.4, -0.2) is 48.7 Å². The molecule has 0 bridgehead atoms. The van der Waals surface area contributed by atoms with Gasteiger partial charge in [-0.2, -0.15) is 0 Å². The number of nitrogens with zero attached hydrogens (tertiary/aromatic N) is 1. The number of rotatable bonds is 3. The second-order valence-corrected chi connectivity index (χ2v) is 6.89. The second kappa shape index (κ2) is 7.55. The van der Waals surface area contributed by atoms with E-state index >= 15 is 0 Å². The maximum Gasteiger partial charge on any atom is 0.410 e. The number of hydrogen-bond acceptors (Lipinski definition) is 4. The van der Waals surface area contributed by atoms with Gasteiger partial charge >= 0.3 is 6.09 Å². The highest BCUT2D eigenvalue weighted by Crippen LogP contribution is 2.21. The summed E-state index contributed by atoms with van der Waals surface area (Å²) in [6, 6.07) is 7.07. The van der Waals surface area contributed by atoms with Crippen LogP contribution in [0.15, 0.2) is 24.3 Å². The Morgan fingerprint density at radius 3 is 2.21 bits per heavy atom. The predicted molar refractivity (Wildman–Crippen MR) is 91.3 cm³/mol. The molecule has 0 radical (unpaired) electrons. The predicted octanol–water partition coefficient (Wildman–Crippen LogP) is 2.82. The molecule has 1 heterocycles. The third-order valence-corrected chi connectivity index (χ3v) is 3.74. The SMILES string of the molecule is CNC(=O)c1ccc(OC2CCN(C(=O)OC(C)(C)C)CC2)cc1. The van der Waals surface area contributed by atoms with Crippen molar-refractivity contribution in [1.82, 2.24) is 10.2 Å². The number of likely N-dealkylation sites (tertiary alicyclic amines) is 1. The molecule has 0 spiro atoms. The van der Waals surface area contributed by atoms with E-state index in [0.29, 0.717) is 18.7 Å². The Hall–Kier alpha value is -2.24. The topological polar surface area (TPSA) is 67.9 Å². The van der Waals surface area contributed by atoms with E-state index in [9.17, 15) is 9.59 Å². The van der Waals surface area contributed by atoms with E-state index in [1.165, 1.54) is 0 Å². The first-order valence-corrected chi connectivity index (χ1v) is 8.25. The van der Waals surface area contributed by atoms with E-state index < -0.39 is 5.60 Å². The Balaban J connectivity index is 1.82. The molecule has 1 aliphatic rings. The van der Waals surface area contributed by atoms with Crippen molar-refractivity contribution in [2.24, 2.45) is 0 Å². The van der Waals surface area contributed by atoms with Gasteiger partial charge in [-0.25, -0.2) is 4.79 Å². The average molecular weight is 334 g/mol. The number of nitrogens with one attached hydrogen (secondary N) is 1. The van der Waals surface area contributed by atoms with Crippen LogP contribution < -0.4 is 10.1 Å². The van der Waals surface area contributed by atoms with Crippen molar-refractivity contribution >= 4 is 12.0 Å². The van der Waals surface area contributed by atoms with Crippen molar-refractivity contribution in [3.8, 4) is 5.75 Å². The summed E-state index contributed by atoms with van der Waals surface area (Å²) >= 11 is 0. The fourth-order valence-electron chi connectivity index (χ4n) is 2.50. The van der Waals surface area contributed by atoms with Crippen LogP contribution in [-0.2, 0) is 4.74 Å². The lowest BCUT2D eigenvalue weighted by Crippen LogP contribution is -2.44. The second-order valence-electron chi connectivity index (χ2n) is 6.89. The monoisotopic (exact) mass is 334 g/mol. The van der Waals surface area contributed by atoms with Crippen molar-refractivity contribution in [2.45, 2.75) is 45.3 Å². The molecule has 0 aromatic heterocycles. The van der Waals surface area contributed by atoms with Crippen molar-refractivity contribution in [2.75, 3.05) is 20.1 Å². The lowest BCUT2D eigenvalue weighted by atomic mass is 10.1. The summed E-state index contributed by atoms with van der Waals surface area (Å²) in [7, 11) is 1.60. The maximum absolute atomic E-state index is 12.0. The first-order chi connectivity index (χ1) is 11.3. The number of benzene rings is 1. The maximum atomic E-state index is 12.0. The normalized spacial score (nSPS) is 15.8. The first-order valence-electron chi connectivity index (χ1n) is 8.25. The quantitative estimate of drug-likeness (QED) is 0.923. The number of hydrogen-bond donors (Lipinski definition) is 1. The molecule has 0 unspecified atom stereocenters. The molecular weight excluding hydrogens is 308 g/mol. The Morgan fingerprint density at radius 2 is 1.71 bits per heavy atom. The summed E-state index contributed by atoms with van der Waals surface area (Å²) < 4.78 is 11.3. The molecule has 2 rings (SSSR count). The molecule has 132 valence electrons. The van der Waals surface area contributed by atoms with Crippen molar-refractivity contribution in [3.63, 3.8) is 0 Å². The van der Waals surface area contributed by atoms with E-state index in [0.717, 1.165) is 18.6 Å². The van der Waals surface area contributed by atoms with Gasteiger partial charge in [0.15, 0.2) is 0 Å². The van der Waals surface area contributed by atoms with Crippen LogP contribution in [0.5, 0.6) is 5.75 Å². The van der Waals surface area contributed by atoms with Crippen LogP contribution in [0.3, 0.4) is 0 Å². The third kappa shape index (κ3) is 5.15. The molecular formula is C18H26N2O4. The molecule has 0 atom stereocenters. The molecule has 1 fully saturated rings. The lowest BCUT2D eigenvalue weighted by Gasteiger charge is -2.33. The first kappa shape index (κ1) is 18.1. The molecule has 6 nitrogen and oxygen atoms in total. The van der Waals surface area contributed by atoms with E-state index in [-0.39, 0.29) is 18.1 Å². The number of piperidine rings is 1. The number of amides is 2. The number of ether oxygens (including phenoxy) is 2. The van der Waals surface area contributed by atoms with Gasteiger partial charge in [0, 0.05) is 38.5 Å². The third-order valence-electron chi connectivity index (χ3n) is 3.74. The largest absolute Gasteiger partial charge is 0.490 e. The van der Waals surface area contributed by atoms with Crippen molar-refractivity contribution in [3.05, 3.63) is 29.8 Å².